The second-order valence-electron chi connectivity index (χ2n) is 9.10. The number of benzene rings is 3. The Kier molecular flexibility index (Phi) is 13.7. The summed E-state index contributed by atoms with van der Waals surface area (Å²) in [5.41, 5.74) is 2.66. The molecule has 0 heterocycles. The van der Waals surface area contributed by atoms with Crippen LogP contribution < -0.4 is 9.47 Å². The van der Waals surface area contributed by atoms with Gasteiger partial charge in [-0.1, -0.05) is 60.7 Å². The van der Waals surface area contributed by atoms with Gasteiger partial charge in [-0.25, -0.2) is 4.79 Å². The van der Waals surface area contributed by atoms with Crippen LogP contribution in [0, 0.1) is 0 Å². The third kappa shape index (κ3) is 11.2. The SMILES string of the molecule is COC(=O)CCCSC(/C=C/c1ccccc1OCCCCOc1ccccc1)Cc1ccc(C(=O)OC)cc1. The summed E-state index contributed by atoms with van der Waals surface area (Å²) in [6, 6.07) is 25.3. The molecule has 6 nitrogen and oxygen atoms in total. The van der Waals surface area contributed by atoms with Crippen LogP contribution in [0.3, 0.4) is 0 Å². The summed E-state index contributed by atoms with van der Waals surface area (Å²) in [4.78, 5) is 23.3. The van der Waals surface area contributed by atoms with Crippen molar-refractivity contribution < 1.29 is 28.5 Å². The number of thioether (sulfide) groups is 1. The highest BCUT2D eigenvalue weighted by Crippen LogP contribution is 2.25. The minimum absolute atomic E-state index is 0.171. The average Bonchev–Trinajstić information content (AvgIpc) is 3.00. The van der Waals surface area contributed by atoms with E-state index in [0.717, 1.165) is 54.1 Å². The Morgan fingerprint density at radius 1 is 0.800 bits per heavy atom. The molecule has 0 N–H and O–H groups in total. The van der Waals surface area contributed by atoms with Crippen LogP contribution >= 0.6 is 11.8 Å². The zero-order chi connectivity index (χ0) is 28.4. The number of methoxy groups -OCH3 is 2. The van der Waals surface area contributed by atoms with Crippen LogP contribution in [0.1, 0.15) is 47.2 Å². The van der Waals surface area contributed by atoms with E-state index in [9.17, 15) is 9.59 Å². The summed E-state index contributed by atoms with van der Waals surface area (Å²) in [5.74, 6) is 2.02. The lowest BCUT2D eigenvalue weighted by molar-refractivity contribution is -0.140. The molecular weight excluding hydrogens is 524 g/mol. The molecule has 3 aromatic rings. The number of carbonyl (C=O) groups excluding carboxylic acids is 2. The summed E-state index contributed by atoms with van der Waals surface area (Å²) >= 11 is 1.79. The molecule has 0 aliphatic heterocycles. The maximum absolute atomic E-state index is 11.8. The first-order chi connectivity index (χ1) is 19.6. The molecule has 212 valence electrons. The van der Waals surface area contributed by atoms with Crippen LogP contribution in [0.2, 0.25) is 0 Å². The molecule has 1 unspecified atom stereocenters. The van der Waals surface area contributed by atoms with Crippen molar-refractivity contribution in [1.29, 1.82) is 0 Å². The molecule has 0 fully saturated rings. The maximum Gasteiger partial charge on any atom is 0.337 e. The third-order valence-electron chi connectivity index (χ3n) is 6.11. The lowest BCUT2D eigenvalue weighted by atomic mass is 10.1. The Hall–Kier alpha value is -3.71. The smallest absolute Gasteiger partial charge is 0.337 e. The predicted octanol–water partition coefficient (Wildman–Crippen LogP) is 7.02. The number of hydrogen-bond donors (Lipinski definition) is 0. The first kappa shape index (κ1) is 30.8. The summed E-state index contributed by atoms with van der Waals surface area (Å²) in [5, 5.41) is 0.171. The number of carbonyl (C=O) groups is 2. The van der Waals surface area contributed by atoms with E-state index in [2.05, 4.69) is 18.2 Å². The Labute approximate surface area is 241 Å². The summed E-state index contributed by atoms with van der Waals surface area (Å²) in [7, 11) is 2.79. The number of hydrogen-bond acceptors (Lipinski definition) is 7. The van der Waals surface area contributed by atoms with Crippen molar-refractivity contribution in [3.8, 4) is 11.5 Å². The standard InChI is InChI=1S/C33H38O6S/c1-36-32(34)15-10-24-40-30(25-26-16-18-28(19-17-26)33(35)37-2)21-20-27-11-6-7-14-31(27)39-23-9-8-22-38-29-12-4-3-5-13-29/h3-7,11-14,16-21,30H,8-10,15,22-25H2,1-2H3/b21-20+. The predicted molar refractivity (Wildman–Crippen MR) is 161 cm³/mol. The molecule has 0 aliphatic carbocycles. The molecule has 0 amide bonds. The molecule has 0 spiro atoms. The van der Waals surface area contributed by atoms with Crippen molar-refractivity contribution in [2.75, 3.05) is 33.2 Å². The number of esters is 2. The van der Waals surface area contributed by atoms with Gasteiger partial charge >= 0.3 is 11.9 Å². The average molecular weight is 563 g/mol. The number of unbranched alkanes of at least 4 members (excludes halogenated alkanes) is 1. The van der Waals surface area contributed by atoms with Crippen LogP contribution in [-0.4, -0.2) is 50.4 Å². The van der Waals surface area contributed by atoms with E-state index in [4.69, 9.17) is 18.9 Å². The molecule has 0 saturated heterocycles. The molecule has 0 radical (unpaired) electrons. The first-order valence-electron chi connectivity index (χ1n) is 13.5. The molecule has 1 atom stereocenters. The van der Waals surface area contributed by atoms with Crippen molar-refractivity contribution in [2.45, 2.75) is 37.4 Å². The minimum atomic E-state index is -0.347. The fourth-order valence-corrected chi connectivity index (χ4v) is 5.03. The largest absolute Gasteiger partial charge is 0.494 e. The number of ether oxygens (including phenoxy) is 4. The Morgan fingerprint density at radius 2 is 1.50 bits per heavy atom. The second kappa shape index (κ2) is 17.8. The molecule has 40 heavy (non-hydrogen) atoms. The van der Waals surface area contributed by atoms with E-state index in [-0.39, 0.29) is 17.2 Å². The van der Waals surface area contributed by atoms with Gasteiger partial charge in [0.25, 0.3) is 0 Å². The van der Waals surface area contributed by atoms with Gasteiger partial charge in [0.1, 0.15) is 11.5 Å². The third-order valence-corrected chi connectivity index (χ3v) is 7.39. The fourth-order valence-electron chi connectivity index (χ4n) is 3.92. The van der Waals surface area contributed by atoms with E-state index in [1.807, 2.05) is 60.7 Å². The molecule has 0 bridgehead atoms. The van der Waals surface area contributed by atoms with Crippen LogP contribution in [0.15, 0.2) is 84.9 Å². The zero-order valence-corrected chi connectivity index (χ0v) is 24.1. The van der Waals surface area contributed by atoms with Crippen molar-refractivity contribution in [3.05, 3.63) is 102 Å². The summed E-state index contributed by atoms with van der Waals surface area (Å²) in [6.07, 6.45) is 8.03. The Bertz CT molecular complexity index is 1190. The fraction of sp³-hybridized carbons (Fsp3) is 0.333. The highest BCUT2D eigenvalue weighted by Gasteiger charge is 2.11. The van der Waals surface area contributed by atoms with E-state index in [1.54, 1.807) is 23.9 Å². The van der Waals surface area contributed by atoms with Crippen molar-refractivity contribution >= 4 is 29.8 Å². The summed E-state index contributed by atoms with van der Waals surface area (Å²) < 4.78 is 21.4. The first-order valence-corrected chi connectivity index (χ1v) is 14.6. The second-order valence-corrected chi connectivity index (χ2v) is 10.4. The Morgan fingerprint density at radius 3 is 2.23 bits per heavy atom. The van der Waals surface area contributed by atoms with Gasteiger partial charge in [0.05, 0.1) is 33.0 Å². The number of rotatable bonds is 17. The summed E-state index contributed by atoms with van der Waals surface area (Å²) in [6.45, 7) is 1.27. The lowest BCUT2D eigenvalue weighted by Gasteiger charge is -2.14. The van der Waals surface area contributed by atoms with Gasteiger partial charge in [-0.15, -0.1) is 0 Å². The molecule has 0 aromatic heterocycles. The molecule has 0 saturated carbocycles. The van der Waals surface area contributed by atoms with Crippen LogP contribution in [0.25, 0.3) is 6.08 Å². The normalized spacial score (nSPS) is 11.7. The van der Waals surface area contributed by atoms with Crippen LogP contribution in [-0.2, 0) is 20.7 Å². The molecule has 3 aromatic carbocycles. The van der Waals surface area contributed by atoms with Gasteiger partial charge in [-0.05, 0) is 67.3 Å². The van der Waals surface area contributed by atoms with Crippen molar-refractivity contribution in [1.82, 2.24) is 0 Å². The van der Waals surface area contributed by atoms with E-state index < -0.39 is 0 Å². The van der Waals surface area contributed by atoms with Gasteiger partial charge in [0.15, 0.2) is 0 Å². The van der Waals surface area contributed by atoms with Crippen LogP contribution in [0.5, 0.6) is 11.5 Å². The van der Waals surface area contributed by atoms with Gasteiger partial charge in [0, 0.05) is 17.2 Å². The van der Waals surface area contributed by atoms with E-state index in [1.165, 1.54) is 14.2 Å². The van der Waals surface area contributed by atoms with Gasteiger partial charge in [0.2, 0.25) is 0 Å². The quantitative estimate of drug-likeness (QED) is 0.129. The van der Waals surface area contributed by atoms with Crippen LogP contribution in [0.4, 0.5) is 0 Å². The molecule has 7 heteroatoms. The Balaban J connectivity index is 1.57. The van der Waals surface area contributed by atoms with Gasteiger partial charge in [-0.3, -0.25) is 4.79 Å². The van der Waals surface area contributed by atoms with Gasteiger partial charge in [-0.2, -0.15) is 11.8 Å². The minimum Gasteiger partial charge on any atom is -0.494 e. The van der Waals surface area contributed by atoms with Gasteiger partial charge < -0.3 is 18.9 Å². The number of para-hydroxylation sites is 2. The lowest BCUT2D eigenvalue weighted by Crippen LogP contribution is -2.07. The van der Waals surface area contributed by atoms with Crippen molar-refractivity contribution in [2.24, 2.45) is 0 Å². The topological polar surface area (TPSA) is 71.1 Å². The van der Waals surface area contributed by atoms with E-state index in [0.29, 0.717) is 25.2 Å². The highest BCUT2D eigenvalue weighted by molar-refractivity contribution is 8.00. The maximum atomic E-state index is 11.8. The molecular formula is C33H38O6S. The zero-order valence-electron chi connectivity index (χ0n) is 23.3. The molecule has 0 aliphatic rings. The monoisotopic (exact) mass is 562 g/mol. The van der Waals surface area contributed by atoms with Crippen molar-refractivity contribution in [3.63, 3.8) is 0 Å². The highest BCUT2D eigenvalue weighted by atomic mass is 32.2. The molecule has 3 rings (SSSR count). The van der Waals surface area contributed by atoms with E-state index >= 15 is 0 Å².